The number of aromatic nitrogens is 1. The maximum atomic E-state index is 5.77. The molecule has 2 aromatic rings. The molecule has 4 nitrogen and oxygen atoms in total. The predicted molar refractivity (Wildman–Crippen MR) is 91.1 cm³/mol. The zero-order chi connectivity index (χ0) is 14.7. The Morgan fingerprint density at radius 1 is 1.19 bits per heavy atom. The van der Waals surface area contributed by atoms with Gasteiger partial charge in [0.1, 0.15) is 0 Å². The highest BCUT2D eigenvalue weighted by molar-refractivity contribution is 7.13. The van der Waals surface area contributed by atoms with Crippen LogP contribution >= 0.6 is 22.9 Å². The zero-order valence-corrected chi connectivity index (χ0v) is 13.6. The number of hydrogen-bond donors (Lipinski definition) is 1. The lowest BCUT2D eigenvalue weighted by Gasteiger charge is -2.34. The molecule has 0 amide bonds. The molecule has 1 fully saturated rings. The molecule has 1 aromatic carbocycles. The van der Waals surface area contributed by atoms with Crippen LogP contribution in [0, 0.1) is 0 Å². The van der Waals surface area contributed by atoms with Crippen LogP contribution in [0.2, 0.25) is 0 Å². The largest absolute Gasteiger partial charge is 0.369 e. The molecule has 0 bridgehead atoms. The summed E-state index contributed by atoms with van der Waals surface area (Å²) in [5.41, 5.74) is 3.26. The Kier molecular flexibility index (Phi) is 4.63. The number of hydrogen-bond acceptors (Lipinski definition) is 5. The Labute approximate surface area is 134 Å². The highest BCUT2D eigenvalue weighted by atomic mass is 35.5. The van der Waals surface area contributed by atoms with E-state index in [0.717, 1.165) is 42.7 Å². The smallest absolute Gasteiger partial charge is 0.187 e. The normalized spacial score (nSPS) is 16.2. The standard InChI is InChI=1S/C15H19ClN4S/c1-19-6-8-20(9-7-19)14-4-2-12(3-5-14)17-15-18-13(10-16)11-21-15/h2-5,11H,6-10H2,1H3,(H,17,18). The van der Waals surface area contributed by atoms with Crippen LogP contribution < -0.4 is 10.2 Å². The van der Waals surface area contributed by atoms with E-state index in [4.69, 9.17) is 11.6 Å². The van der Waals surface area contributed by atoms with E-state index in [1.54, 1.807) is 11.3 Å². The number of likely N-dealkylation sites (N-methyl/N-ethyl adjacent to an activating group) is 1. The zero-order valence-electron chi connectivity index (χ0n) is 12.1. The van der Waals surface area contributed by atoms with E-state index in [2.05, 4.69) is 51.4 Å². The summed E-state index contributed by atoms with van der Waals surface area (Å²) in [6.45, 7) is 4.43. The van der Waals surface area contributed by atoms with Gasteiger partial charge >= 0.3 is 0 Å². The number of nitrogens with zero attached hydrogens (tertiary/aromatic N) is 3. The van der Waals surface area contributed by atoms with Crippen LogP contribution in [-0.2, 0) is 5.88 Å². The number of benzene rings is 1. The molecule has 112 valence electrons. The van der Waals surface area contributed by atoms with Crippen molar-refractivity contribution in [1.29, 1.82) is 0 Å². The van der Waals surface area contributed by atoms with Gasteiger partial charge in [0.25, 0.3) is 0 Å². The number of anilines is 3. The first-order chi connectivity index (χ1) is 10.2. The van der Waals surface area contributed by atoms with Gasteiger partial charge in [-0.3, -0.25) is 0 Å². The molecule has 0 aliphatic carbocycles. The molecule has 0 unspecified atom stereocenters. The van der Waals surface area contributed by atoms with E-state index < -0.39 is 0 Å². The molecule has 2 heterocycles. The monoisotopic (exact) mass is 322 g/mol. The maximum Gasteiger partial charge on any atom is 0.187 e. The minimum absolute atomic E-state index is 0.459. The van der Waals surface area contributed by atoms with E-state index in [1.807, 2.05) is 5.38 Å². The molecule has 1 aliphatic rings. The van der Waals surface area contributed by atoms with E-state index in [9.17, 15) is 0 Å². The molecule has 0 radical (unpaired) electrons. The fourth-order valence-corrected chi connectivity index (χ4v) is 3.33. The molecular weight excluding hydrogens is 304 g/mol. The Hall–Kier alpha value is -1.30. The lowest BCUT2D eigenvalue weighted by molar-refractivity contribution is 0.313. The number of nitrogens with one attached hydrogen (secondary N) is 1. The summed E-state index contributed by atoms with van der Waals surface area (Å²) in [7, 11) is 2.17. The number of alkyl halides is 1. The van der Waals surface area contributed by atoms with Gasteiger partial charge < -0.3 is 15.1 Å². The molecule has 6 heteroatoms. The highest BCUT2D eigenvalue weighted by Gasteiger charge is 2.13. The maximum absolute atomic E-state index is 5.77. The molecular formula is C15H19ClN4S. The first-order valence-corrected chi connectivity index (χ1v) is 8.47. The van der Waals surface area contributed by atoms with Crippen molar-refractivity contribution in [3.05, 3.63) is 35.3 Å². The second-order valence-corrected chi connectivity index (χ2v) is 6.37. The first-order valence-electron chi connectivity index (χ1n) is 7.05. The van der Waals surface area contributed by atoms with Crippen molar-refractivity contribution >= 4 is 39.4 Å². The van der Waals surface area contributed by atoms with Gasteiger partial charge in [-0.1, -0.05) is 0 Å². The fourth-order valence-electron chi connectivity index (χ4n) is 2.37. The summed E-state index contributed by atoms with van der Waals surface area (Å²) in [4.78, 5) is 9.20. The summed E-state index contributed by atoms with van der Waals surface area (Å²) in [6.07, 6.45) is 0. The average molecular weight is 323 g/mol. The van der Waals surface area contributed by atoms with Gasteiger partial charge in [0.2, 0.25) is 0 Å². The van der Waals surface area contributed by atoms with E-state index in [-0.39, 0.29) is 0 Å². The van der Waals surface area contributed by atoms with Gasteiger partial charge in [-0.05, 0) is 31.3 Å². The number of halogens is 1. The fraction of sp³-hybridized carbons (Fsp3) is 0.400. The highest BCUT2D eigenvalue weighted by Crippen LogP contribution is 2.24. The molecule has 1 aromatic heterocycles. The van der Waals surface area contributed by atoms with Gasteiger partial charge in [0.15, 0.2) is 5.13 Å². The van der Waals surface area contributed by atoms with Crippen molar-refractivity contribution in [2.45, 2.75) is 5.88 Å². The van der Waals surface area contributed by atoms with Crippen molar-refractivity contribution < 1.29 is 0 Å². The minimum atomic E-state index is 0.459. The van der Waals surface area contributed by atoms with Crippen LogP contribution in [0.1, 0.15) is 5.69 Å². The van der Waals surface area contributed by atoms with Crippen molar-refractivity contribution in [1.82, 2.24) is 9.88 Å². The third-order valence-corrected chi connectivity index (χ3v) is 4.76. The Balaban J connectivity index is 1.63. The summed E-state index contributed by atoms with van der Waals surface area (Å²) in [5.74, 6) is 0.459. The summed E-state index contributed by atoms with van der Waals surface area (Å²) >= 11 is 7.35. The van der Waals surface area contributed by atoms with Crippen LogP contribution in [0.3, 0.4) is 0 Å². The molecule has 0 spiro atoms. The van der Waals surface area contributed by atoms with Crippen molar-refractivity contribution in [2.75, 3.05) is 43.4 Å². The SMILES string of the molecule is CN1CCN(c2ccc(Nc3nc(CCl)cs3)cc2)CC1. The number of thiazole rings is 1. The molecule has 1 saturated heterocycles. The predicted octanol–water partition coefficient (Wildman–Crippen LogP) is 3.38. The second kappa shape index (κ2) is 6.64. The summed E-state index contributed by atoms with van der Waals surface area (Å²) < 4.78 is 0. The molecule has 0 atom stereocenters. The van der Waals surface area contributed by atoms with Crippen LogP contribution in [0.4, 0.5) is 16.5 Å². The van der Waals surface area contributed by atoms with E-state index >= 15 is 0 Å². The minimum Gasteiger partial charge on any atom is -0.369 e. The van der Waals surface area contributed by atoms with Crippen molar-refractivity contribution in [3.8, 4) is 0 Å². The van der Waals surface area contributed by atoms with Gasteiger partial charge in [-0.25, -0.2) is 4.98 Å². The van der Waals surface area contributed by atoms with E-state index in [0.29, 0.717) is 5.88 Å². The molecule has 21 heavy (non-hydrogen) atoms. The second-order valence-electron chi connectivity index (χ2n) is 5.24. The summed E-state index contributed by atoms with van der Waals surface area (Å²) in [5, 5.41) is 6.18. The lowest BCUT2D eigenvalue weighted by atomic mass is 10.2. The average Bonchev–Trinajstić information content (AvgIpc) is 2.97. The van der Waals surface area contributed by atoms with Gasteiger partial charge in [-0.15, -0.1) is 22.9 Å². The molecule has 1 aliphatic heterocycles. The van der Waals surface area contributed by atoms with Crippen LogP contribution in [0.5, 0.6) is 0 Å². The van der Waals surface area contributed by atoms with E-state index in [1.165, 1.54) is 5.69 Å². The Bertz CT molecular complexity index is 576. The lowest BCUT2D eigenvalue weighted by Crippen LogP contribution is -2.44. The Morgan fingerprint density at radius 2 is 1.90 bits per heavy atom. The number of rotatable bonds is 4. The molecule has 1 N–H and O–H groups in total. The number of piperazine rings is 1. The van der Waals surface area contributed by atoms with Gasteiger partial charge in [0.05, 0.1) is 11.6 Å². The quantitative estimate of drug-likeness (QED) is 0.874. The van der Waals surface area contributed by atoms with Crippen molar-refractivity contribution in [2.24, 2.45) is 0 Å². The van der Waals surface area contributed by atoms with Crippen LogP contribution in [0.15, 0.2) is 29.6 Å². The Morgan fingerprint density at radius 3 is 2.52 bits per heavy atom. The van der Waals surface area contributed by atoms with Crippen LogP contribution in [0.25, 0.3) is 0 Å². The third kappa shape index (κ3) is 3.67. The van der Waals surface area contributed by atoms with Gasteiger partial charge in [-0.2, -0.15) is 0 Å². The van der Waals surface area contributed by atoms with Crippen molar-refractivity contribution in [3.63, 3.8) is 0 Å². The van der Waals surface area contributed by atoms with Crippen LogP contribution in [-0.4, -0.2) is 43.1 Å². The third-order valence-electron chi connectivity index (χ3n) is 3.68. The molecule has 3 rings (SSSR count). The van der Waals surface area contributed by atoms with Gasteiger partial charge in [0, 0.05) is 42.9 Å². The topological polar surface area (TPSA) is 31.4 Å². The first kappa shape index (κ1) is 14.6. The summed E-state index contributed by atoms with van der Waals surface area (Å²) in [6, 6.07) is 8.55. The molecule has 0 saturated carbocycles.